The third kappa shape index (κ3) is 4.48. The summed E-state index contributed by atoms with van der Waals surface area (Å²) in [7, 11) is 0. The molecule has 0 aromatic heterocycles. The SMILES string of the molecule is CCCC(CCCc1ccc(O)cc1)(c1ccc(O)cc1)c1ccc(O)cc1. The van der Waals surface area contributed by atoms with Gasteiger partial charge in [0.25, 0.3) is 0 Å². The monoisotopic (exact) mass is 376 g/mol. The van der Waals surface area contributed by atoms with Crippen molar-refractivity contribution < 1.29 is 15.3 Å². The van der Waals surface area contributed by atoms with Crippen LogP contribution >= 0.6 is 0 Å². The van der Waals surface area contributed by atoms with Crippen molar-refractivity contribution in [2.24, 2.45) is 0 Å². The zero-order valence-corrected chi connectivity index (χ0v) is 16.3. The molecule has 0 unspecified atom stereocenters. The van der Waals surface area contributed by atoms with Crippen molar-refractivity contribution in [1.82, 2.24) is 0 Å². The molecule has 3 heteroatoms. The van der Waals surface area contributed by atoms with Gasteiger partial charge in [0, 0.05) is 5.41 Å². The summed E-state index contributed by atoms with van der Waals surface area (Å²) >= 11 is 0. The van der Waals surface area contributed by atoms with Crippen LogP contribution in [0.4, 0.5) is 0 Å². The van der Waals surface area contributed by atoms with Gasteiger partial charge in [0.15, 0.2) is 0 Å². The van der Waals surface area contributed by atoms with E-state index in [4.69, 9.17) is 0 Å². The fourth-order valence-corrected chi connectivity index (χ4v) is 4.11. The van der Waals surface area contributed by atoms with Crippen LogP contribution in [0.2, 0.25) is 0 Å². The van der Waals surface area contributed by atoms with Gasteiger partial charge in [-0.05, 0) is 78.8 Å². The minimum Gasteiger partial charge on any atom is -0.508 e. The van der Waals surface area contributed by atoms with E-state index in [9.17, 15) is 15.3 Å². The summed E-state index contributed by atoms with van der Waals surface area (Å²) in [5.74, 6) is 0.824. The minimum absolute atomic E-state index is 0.174. The molecule has 3 aromatic rings. The molecule has 3 N–H and O–H groups in total. The van der Waals surface area contributed by atoms with E-state index in [0.717, 1.165) is 32.1 Å². The van der Waals surface area contributed by atoms with Crippen LogP contribution in [0.25, 0.3) is 0 Å². The smallest absolute Gasteiger partial charge is 0.115 e. The second-order valence-corrected chi connectivity index (χ2v) is 7.45. The molecule has 146 valence electrons. The standard InChI is InChI=1S/C25H28O3/c1-2-17-25(20-7-13-23(27)14-8-20,21-9-15-24(28)16-10-21)18-3-4-19-5-11-22(26)12-6-19/h5-16,26-28H,2-4,17-18H2,1H3. The third-order valence-corrected chi connectivity index (χ3v) is 5.52. The molecule has 0 aliphatic carbocycles. The molecule has 28 heavy (non-hydrogen) atoms. The van der Waals surface area contributed by atoms with E-state index in [1.54, 1.807) is 36.4 Å². The largest absolute Gasteiger partial charge is 0.508 e. The molecule has 0 saturated carbocycles. The van der Waals surface area contributed by atoms with Gasteiger partial charge < -0.3 is 15.3 Å². The Hall–Kier alpha value is -2.94. The number of phenols is 3. The number of hydrogen-bond donors (Lipinski definition) is 3. The summed E-state index contributed by atoms with van der Waals surface area (Å²) in [6.07, 6.45) is 4.89. The Kier molecular flexibility index (Phi) is 6.25. The average Bonchev–Trinajstić information content (AvgIpc) is 2.70. The van der Waals surface area contributed by atoms with E-state index in [0.29, 0.717) is 0 Å². The molecule has 0 fully saturated rings. The number of aryl methyl sites for hydroxylation is 1. The fraction of sp³-hybridized carbons (Fsp3) is 0.280. The summed E-state index contributed by atoms with van der Waals surface area (Å²) in [5.41, 5.74) is 3.40. The van der Waals surface area contributed by atoms with E-state index in [1.807, 2.05) is 36.4 Å². The number of phenolic OH excluding ortho intramolecular Hbond substituents is 3. The summed E-state index contributed by atoms with van der Waals surface area (Å²) in [6.45, 7) is 2.19. The molecular weight excluding hydrogens is 348 g/mol. The number of rotatable bonds is 8. The highest BCUT2D eigenvalue weighted by Gasteiger charge is 2.33. The van der Waals surface area contributed by atoms with Crippen LogP contribution in [0.1, 0.15) is 49.3 Å². The predicted molar refractivity (Wildman–Crippen MR) is 113 cm³/mol. The van der Waals surface area contributed by atoms with Gasteiger partial charge in [-0.1, -0.05) is 49.7 Å². The fourth-order valence-electron chi connectivity index (χ4n) is 4.11. The third-order valence-electron chi connectivity index (χ3n) is 5.52. The lowest BCUT2D eigenvalue weighted by atomic mass is 9.68. The van der Waals surface area contributed by atoms with Crippen molar-refractivity contribution >= 4 is 0 Å². The maximum absolute atomic E-state index is 9.75. The Morgan fingerprint density at radius 3 is 1.46 bits per heavy atom. The summed E-state index contributed by atoms with van der Waals surface area (Å²) in [5, 5.41) is 29.0. The van der Waals surface area contributed by atoms with Crippen LogP contribution in [0.15, 0.2) is 72.8 Å². The van der Waals surface area contributed by atoms with Gasteiger partial charge in [0.2, 0.25) is 0 Å². The molecule has 0 saturated heterocycles. The summed E-state index contributed by atoms with van der Waals surface area (Å²) < 4.78 is 0. The Labute approximate surface area is 166 Å². The number of aromatic hydroxyl groups is 3. The van der Waals surface area contributed by atoms with Crippen LogP contribution in [0, 0.1) is 0 Å². The van der Waals surface area contributed by atoms with E-state index >= 15 is 0 Å². The Morgan fingerprint density at radius 1 is 0.607 bits per heavy atom. The van der Waals surface area contributed by atoms with Crippen LogP contribution in [0.3, 0.4) is 0 Å². The normalized spacial score (nSPS) is 11.5. The molecular formula is C25H28O3. The molecule has 0 aliphatic heterocycles. The van der Waals surface area contributed by atoms with Crippen molar-refractivity contribution in [1.29, 1.82) is 0 Å². The molecule has 3 nitrogen and oxygen atoms in total. The zero-order valence-electron chi connectivity index (χ0n) is 16.3. The van der Waals surface area contributed by atoms with Crippen LogP contribution < -0.4 is 0 Å². The lowest BCUT2D eigenvalue weighted by Crippen LogP contribution is -2.28. The molecule has 0 atom stereocenters. The van der Waals surface area contributed by atoms with Crippen molar-refractivity contribution in [2.75, 3.05) is 0 Å². The highest BCUT2D eigenvalue weighted by Crippen LogP contribution is 2.42. The molecule has 0 spiro atoms. The second kappa shape index (κ2) is 8.83. The Balaban J connectivity index is 1.92. The van der Waals surface area contributed by atoms with E-state index in [1.165, 1.54) is 16.7 Å². The summed E-state index contributed by atoms with van der Waals surface area (Å²) in [4.78, 5) is 0. The van der Waals surface area contributed by atoms with Crippen LogP contribution in [-0.4, -0.2) is 15.3 Å². The lowest BCUT2D eigenvalue weighted by molar-refractivity contribution is 0.414. The number of hydrogen-bond acceptors (Lipinski definition) is 3. The van der Waals surface area contributed by atoms with Gasteiger partial charge in [0.1, 0.15) is 17.2 Å². The van der Waals surface area contributed by atoms with Crippen LogP contribution in [-0.2, 0) is 11.8 Å². The molecule has 3 rings (SSSR count). The highest BCUT2D eigenvalue weighted by atomic mass is 16.3. The molecule has 0 aliphatic rings. The summed E-state index contributed by atoms with van der Waals surface area (Å²) in [6, 6.07) is 22.5. The second-order valence-electron chi connectivity index (χ2n) is 7.45. The lowest BCUT2D eigenvalue weighted by Gasteiger charge is -2.35. The van der Waals surface area contributed by atoms with Crippen molar-refractivity contribution in [3.8, 4) is 17.2 Å². The van der Waals surface area contributed by atoms with E-state index < -0.39 is 0 Å². The maximum atomic E-state index is 9.75. The Morgan fingerprint density at radius 2 is 1.04 bits per heavy atom. The topological polar surface area (TPSA) is 60.7 Å². The quantitative estimate of drug-likeness (QED) is 0.458. The van der Waals surface area contributed by atoms with Crippen LogP contribution in [0.5, 0.6) is 17.2 Å². The van der Waals surface area contributed by atoms with Gasteiger partial charge >= 0.3 is 0 Å². The average molecular weight is 376 g/mol. The first-order valence-electron chi connectivity index (χ1n) is 9.90. The minimum atomic E-state index is -0.174. The van der Waals surface area contributed by atoms with Gasteiger partial charge in [-0.3, -0.25) is 0 Å². The van der Waals surface area contributed by atoms with Gasteiger partial charge in [0.05, 0.1) is 0 Å². The molecule has 0 radical (unpaired) electrons. The first-order valence-corrected chi connectivity index (χ1v) is 9.90. The predicted octanol–water partition coefficient (Wildman–Crippen LogP) is 5.91. The first kappa shape index (κ1) is 19.8. The van der Waals surface area contributed by atoms with Crippen molar-refractivity contribution in [3.05, 3.63) is 89.5 Å². The van der Waals surface area contributed by atoms with Crippen molar-refractivity contribution in [3.63, 3.8) is 0 Å². The maximum Gasteiger partial charge on any atom is 0.115 e. The molecule has 3 aromatic carbocycles. The van der Waals surface area contributed by atoms with E-state index in [2.05, 4.69) is 6.92 Å². The highest BCUT2D eigenvalue weighted by molar-refractivity contribution is 5.43. The first-order chi connectivity index (χ1) is 13.5. The number of benzene rings is 3. The van der Waals surface area contributed by atoms with Crippen molar-refractivity contribution in [2.45, 2.75) is 44.4 Å². The molecule has 0 bridgehead atoms. The van der Waals surface area contributed by atoms with Gasteiger partial charge in [-0.2, -0.15) is 0 Å². The molecule has 0 heterocycles. The Bertz CT molecular complexity index is 820. The van der Waals surface area contributed by atoms with E-state index in [-0.39, 0.29) is 22.7 Å². The van der Waals surface area contributed by atoms with Gasteiger partial charge in [-0.25, -0.2) is 0 Å². The zero-order chi connectivity index (χ0) is 20.0. The molecule has 0 amide bonds. The van der Waals surface area contributed by atoms with Gasteiger partial charge in [-0.15, -0.1) is 0 Å².